The van der Waals surface area contributed by atoms with Gasteiger partial charge in [-0.1, -0.05) is 75.5 Å². The van der Waals surface area contributed by atoms with Crippen LogP contribution in [0.1, 0.15) is 56.8 Å². The van der Waals surface area contributed by atoms with E-state index in [1.54, 1.807) is 7.11 Å². The van der Waals surface area contributed by atoms with Crippen LogP contribution in [0.3, 0.4) is 0 Å². The highest BCUT2D eigenvalue weighted by Crippen LogP contribution is 2.47. The highest BCUT2D eigenvalue weighted by atomic mass is 28.3. The maximum atomic E-state index is 6.78. The Morgan fingerprint density at radius 1 is 0.886 bits per heavy atom. The van der Waals surface area contributed by atoms with Gasteiger partial charge in [0.25, 0.3) is 0 Å². The van der Waals surface area contributed by atoms with Gasteiger partial charge >= 0.3 is 0 Å². The van der Waals surface area contributed by atoms with Gasteiger partial charge in [0.1, 0.15) is 11.9 Å². The van der Waals surface area contributed by atoms with E-state index in [1.807, 2.05) is 12.1 Å². The van der Waals surface area contributed by atoms with Crippen LogP contribution in [0.25, 0.3) is 0 Å². The summed E-state index contributed by atoms with van der Waals surface area (Å²) in [5, 5.41) is 0.231. The van der Waals surface area contributed by atoms with Crippen LogP contribution < -0.4 is 4.74 Å². The Labute approximate surface area is 213 Å². The summed E-state index contributed by atoms with van der Waals surface area (Å²) in [5.41, 5.74) is 2.35. The predicted octanol–water partition coefficient (Wildman–Crippen LogP) is 7.08. The first-order valence-corrected chi connectivity index (χ1v) is 15.7. The van der Waals surface area contributed by atoms with Gasteiger partial charge in [-0.15, -0.1) is 0 Å². The third-order valence-corrected chi connectivity index (χ3v) is 11.0. The summed E-state index contributed by atoms with van der Waals surface area (Å²) >= 11 is 0. The zero-order valence-electron chi connectivity index (χ0n) is 22.2. The van der Waals surface area contributed by atoms with Crippen LogP contribution in [0.2, 0.25) is 18.1 Å². The third kappa shape index (κ3) is 6.97. The summed E-state index contributed by atoms with van der Waals surface area (Å²) in [6, 6.07) is 18.7. The molecule has 4 rings (SSSR count). The molecule has 0 amide bonds. The number of methoxy groups -OCH3 is 1. The van der Waals surface area contributed by atoms with Crippen molar-refractivity contribution in [2.24, 2.45) is 11.8 Å². The molecule has 2 aromatic carbocycles. The fourth-order valence-electron chi connectivity index (χ4n) is 5.47. The molecule has 0 aliphatic heterocycles. The first-order chi connectivity index (χ1) is 16.9. The van der Waals surface area contributed by atoms with E-state index in [4.69, 9.17) is 18.9 Å². The monoisotopic (exact) mass is 495 g/mol. The second kappa shape index (κ2) is 12.0. The van der Waals surface area contributed by atoms with Crippen molar-refractivity contribution < 1.29 is 18.9 Å². The number of rotatable bonds is 12. The summed E-state index contributed by atoms with van der Waals surface area (Å²) in [7, 11) is 1.29. The van der Waals surface area contributed by atoms with Crippen LogP contribution in [0.5, 0.6) is 5.75 Å². The molecule has 4 nitrogen and oxygen atoms in total. The Bertz CT molecular complexity index is 902. The zero-order valence-corrected chi connectivity index (χ0v) is 23.2. The van der Waals surface area contributed by atoms with Crippen molar-refractivity contribution in [1.29, 1.82) is 0 Å². The molecule has 0 N–H and O–H groups in total. The van der Waals surface area contributed by atoms with Crippen molar-refractivity contribution in [3.8, 4) is 5.75 Å². The lowest BCUT2D eigenvalue weighted by Gasteiger charge is -2.30. The van der Waals surface area contributed by atoms with Gasteiger partial charge in [-0.25, -0.2) is 0 Å². The van der Waals surface area contributed by atoms with Crippen molar-refractivity contribution in [3.63, 3.8) is 0 Å². The molecule has 35 heavy (non-hydrogen) atoms. The number of hydrogen-bond acceptors (Lipinski definition) is 4. The molecule has 1 radical (unpaired) electrons. The Balaban J connectivity index is 1.33. The predicted molar refractivity (Wildman–Crippen MR) is 143 cm³/mol. The molecule has 3 unspecified atom stereocenters. The molecule has 2 aromatic rings. The second-order valence-corrected chi connectivity index (χ2v) is 14.6. The standard InChI is InChI=1S/C30H43O4Si/c1-30(2,35(4)5)21-32-20-29(27-13-9-10-14-28(27)31-3)34-26-17-23-15-25(16-24(23)18-26)33-19-22-11-7-6-8-12-22/h6-14,23-26,29H,15-21H2,1-5H3/t23-,24+,25?,26?,29?. The van der Waals surface area contributed by atoms with Gasteiger partial charge in [-0.05, 0) is 54.2 Å². The quantitative estimate of drug-likeness (QED) is 0.295. The lowest BCUT2D eigenvalue weighted by Crippen LogP contribution is -2.28. The molecule has 2 aliphatic carbocycles. The molecule has 2 aliphatic rings. The van der Waals surface area contributed by atoms with Crippen molar-refractivity contribution >= 4 is 8.80 Å². The van der Waals surface area contributed by atoms with Crippen LogP contribution in [0, 0.1) is 11.8 Å². The summed E-state index contributed by atoms with van der Waals surface area (Å²) < 4.78 is 25.0. The SMILES string of the molecule is COc1ccccc1C(COCC(C)(C)[Si](C)C)OC1C[C@H]2CC(OCc3ccccc3)C[C@H]2C1. The van der Waals surface area contributed by atoms with Crippen LogP contribution >= 0.6 is 0 Å². The molecule has 0 heterocycles. The van der Waals surface area contributed by atoms with Gasteiger partial charge in [-0.2, -0.15) is 0 Å². The van der Waals surface area contributed by atoms with E-state index in [0.717, 1.165) is 43.6 Å². The smallest absolute Gasteiger partial charge is 0.124 e. The van der Waals surface area contributed by atoms with Gasteiger partial charge < -0.3 is 18.9 Å². The summed E-state index contributed by atoms with van der Waals surface area (Å²) in [6.07, 6.45) is 5.07. The molecular weight excluding hydrogens is 452 g/mol. The average molecular weight is 496 g/mol. The summed E-state index contributed by atoms with van der Waals surface area (Å²) in [4.78, 5) is 0. The van der Waals surface area contributed by atoms with E-state index in [-0.39, 0.29) is 17.2 Å². The minimum absolute atomic E-state index is 0.111. The van der Waals surface area contributed by atoms with Crippen LogP contribution in [0.15, 0.2) is 54.6 Å². The molecule has 0 saturated heterocycles. The van der Waals surface area contributed by atoms with Crippen LogP contribution in [-0.4, -0.2) is 41.3 Å². The molecule has 5 heteroatoms. The fourth-order valence-corrected chi connectivity index (χ4v) is 5.86. The molecule has 0 spiro atoms. The lowest BCUT2D eigenvalue weighted by molar-refractivity contribution is -0.0648. The molecular formula is C30H43O4Si. The minimum atomic E-state index is -0.447. The Morgan fingerprint density at radius 2 is 1.51 bits per heavy atom. The van der Waals surface area contributed by atoms with E-state index < -0.39 is 8.80 Å². The van der Waals surface area contributed by atoms with Crippen LogP contribution in [0.4, 0.5) is 0 Å². The van der Waals surface area contributed by atoms with E-state index in [1.165, 1.54) is 5.56 Å². The first-order valence-electron chi connectivity index (χ1n) is 13.2. The minimum Gasteiger partial charge on any atom is -0.496 e. The number of ether oxygens (including phenoxy) is 4. The van der Waals surface area contributed by atoms with Crippen molar-refractivity contribution in [2.45, 2.75) is 82.6 Å². The molecule has 5 atom stereocenters. The van der Waals surface area contributed by atoms with Gasteiger partial charge in [0.05, 0.1) is 41.3 Å². The highest BCUT2D eigenvalue weighted by Gasteiger charge is 2.43. The fraction of sp³-hybridized carbons (Fsp3) is 0.600. The topological polar surface area (TPSA) is 36.9 Å². The molecule has 0 aromatic heterocycles. The number of hydrogen-bond donors (Lipinski definition) is 0. The van der Waals surface area contributed by atoms with Gasteiger partial charge in [0.15, 0.2) is 0 Å². The number of benzene rings is 2. The molecule has 2 fully saturated rings. The Kier molecular flexibility index (Phi) is 9.09. The molecule has 2 saturated carbocycles. The van der Waals surface area contributed by atoms with E-state index in [0.29, 0.717) is 31.2 Å². The van der Waals surface area contributed by atoms with Crippen LogP contribution in [-0.2, 0) is 20.8 Å². The van der Waals surface area contributed by atoms with E-state index >= 15 is 0 Å². The first kappa shape index (κ1) is 26.4. The molecule has 0 bridgehead atoms. The number of para-hydroxylation sites is 1. The van der Waals surface area contributed by atoms with Crippen molar-refractivity contribution in [2.75, 3.05) is 20.3 Å². The van der Waals surface area contributed by atoms with Crippen molar-refractivity contribution in [1.82, 2.24) is 0 Å². The average Bonchev–Trinajstić information content (AvgIpc) is 3.41. The second-order valence-electron chi connectivity index (χ2n) is 11.3. The highest BCUT2D eigenvalue weighted by molar-refractivity contribution is 6.59. The number of fused-ring (bicyclic) bond motifs is 1. The largest absolute Gasteiger partial charge is 0.496 e. The summed E-state index contributed by atoms with van der Waals surface area (Å²) in [5.74, 6) is 2.28. The normalized spacial score (nSPS) is 25.1. The van der Waals surface area contributed by atoms with E-state index in [2.05, 4.69) is 69.4 Å². The van der Waals surface area contributed by atoms with Gasteiger partial charge in [0, 0.05) is 12.2 Å². The lowest BCUT2D eigenvalue weighted by atomic mass is 10.0. The Hall–Kier alpha value is -1.66. The third-order valence-electron chi connectivity index (χ3n) is 8.19. The Morgan fingerprint density at radius 3 is 2.17 bits per heavy atom. The van der Waals surface area contributed by atoms with Gasteiger partial charge in [-0.3, -0.25) is 0 Å². The van der Waals surface area contributed by atoms with E-state index in [9.17, 15) is 0 Å². The summed E-state index contributed by atoms with van der Waals surface area (Å²) in [6.45, 7) is 11.4. The maximum absolute atomic E-state index is 6.78. The molecule has 191 valence electrons. The maximum Gasteiger partial charge on any atom is 0.124 e. The van der Waals surface area contributed by atoms with Crippen molar-refractivity contribution in [3.05, 3.63) is 65.7 Å². The zero-order chi connectivity index (χ0) is 24.8. The van der Waals surface area contributed by atoms with Gasteiger partial charge in [0.2, 0.25) is 0 Å².